The van der Waals surface area contributed by atoms with Crippen LogP contribution in [0.25, 0.3) is 11.0 Å². The molecule has 0 aliphatic carbocycles. The SMILES string of the molecule is COCc1nc(S(=O)(=O)F)c2cc[nH]c2n1. The van der Waals surface area contributed by atoms with E-state index in [1.165, 1.54) is 19.4 Å². The van der Waals surface area contributed by atoms with Gasteiger partial charge in [-0.3, -0.25) is 0 Å². The number of hydrogen-bond acceptors (Lipinski definition) is 5. The molecule has 0 aliphatic rings. The highest BCUT2D eigenvalue weighted by Gasteiger charge is 2.20. The molecule has 0 fully saturated rings. The van der Waals surface area contributed by atoms with Crippen LogP contribution < -0.4 is 0 Å². The maximum atomic E-state index is 13.0. The molecule has 0 amide bonds. The second kappa shape index (κ2) is 3.80. The first-order valence-corrected chi connectivity index (χ1v) is 5.68. The lowest BCUT2D eigenvalue weighted by atomic mass is 10.4. The predicted octanol–water partition coefficient (Wildman–Crippen LogP) is 0.762. The Morgan fingerprint density at radius 1 is 1.50 bits per heavy atom. The summed E-state index contributed by atoms with van der Waals surface area (Å²) < 4.78 is 39.5. The summed E-state index contributed by atoms with van der Waals surface area (Å²) in [6.07, 6.45) is 1.46. The Morgan fingerprint density at radius 3 is 2.88 bits per heavy atom. The van der Waals surface area contributed by atoms with E-state index in [0.29, 0.717) is 0 Å². The quantitative estimate of drug-likeness (QED) is 0.637. The number of halogens is 1. The van der Waals surface area contributed by atoms with Gasteiger partial charge in [0.1, 0.15) is 12.3 Å². The van der Waals surface area contributed by atoms with Gasteiger partial charge in [0.05, 0.1) is 5.39 Å². The number of hydrogen-bond donors (Lipinski definition) is 1. The zero-order chi connectivity index (χ0) is 11.8. The number of methoxy groups -OCH3 is 1. The Hall–Kier alpha value is -1.54. The standard InChI is InChI=1S/C8H8FN3O3S/c1-15-4-6-11-7-5(2-3-10-7)8(12-6)16(9,13)14/h2-3H,4H2,1H3,(H,10,11,12). The number of nitrogens with zero attached hydrogens (tertiary/aromatic N) is 2. The zero-order valence-corrected chi connectivity index (χ0v) is 9.08. The van der Waals surface area contributed by atoms with Crippen molar-refractivity contribution in [3.63, 3.8) is 0 Å². The monoisotopic (exact) mass is 245 g/mol. The molecule has 0 atom stereocenters. The molecule has 2 rings (SSSR count). The van der Waals surface area contributed by atoms with Gasteiger partial charge in [-0.25, -0.2) is 9.97 Å². The summed E-state index contributed by atoms with van der Waals surface area (Å²) in [5.41, 5.74) is 0.262. The van der Waals surface area contributed by atoms with Gasteiger partial charge in [-0.05, 0) is 6.07 Å². The highest BCUT2D eigenvalue weighted by molar-refractivity contribution is 7.86. The summed E-state index contributed by atoms with van der Waals surface area (Å²) in [5, 5.41) is -0.506. The third kappa shape index (κ3) is 1.89. The molecule has 0 spiro atoms. The highest BCUT2D eigenvalue weighted by Crippen LogP contribution is 2.20. The van der Waals surface area contributed by atoms with E-state index in [1.54, 1.807) is 0 Å². The van der Waals surface area contributed by atoms with Crippen LogP contribution in [-0.4, -0.2) is 30.5 Å². The molecule has 6 nitrogen and oxygen atoms in total. The molecule has 8 heteroatoms. The Balaban J connectivity index is 2.74. The number of ether oxygens (including phenoxy) is 1. The first kappa shape index (κ1) is 11.0. The first-order valence-electron chi connectivity index (χ1n) is 4.30. The van der Waals surface area contributed by atoms with E-state index in [2.05, 4.69) is 15.0 Å². The molecule has 0 bridgehead atoms. The van der Waals surface area contributed by atoms with Gasteiger partial charge < -0.3 is 9.72 Å². The highest BCUT2D eigenvalue weighted by atomic mass is 32.3. The van der Waals surface area contributed by atoms with Crippen LogP contribution in [0, 0.1) is 0 Å². The van der Waals surface area contributed by atoms with Crippen molar-refractivity contribution in [2.24, 2.45) is 0 Å². The van der Waals surface area contributed by atoms with Crippen molar-refractivity contribution < 1.29 is 17.0 Å². The average Bonchev–Trinajstić information content (AvgIpc) is 2.63. The molecule has 2 aromatic rings. The van der Waals surface area contributed by atoms with Crippen LogP contribution in [0.15, 0.2) is 17.3 Å². The third-order valence-corrected chi connectivity index (χ3v) is 2.70. The zero-order valence-electron chi connectivity index (χ0n) is 8.27. The van der Waals surface area contributed by atoms with E-state index in [9.17, 15) is 12.3 Å². The van der Waals surface area contributed by atoms with E-state index in [0.717, 1.165) is 0 Å². The number of rotatable bonds is 3. The van der Waals surface area contributed by atoms with E-state index >= 15 is 0 Å². The minimum Gasteiger partial charge on any atom is -0.377 e. The van der Waals surface area contributed by atoms with Crippen molar-refractivity contribution in [3.05, 3.63) is 18.1 Å². The van der Waals surface area contributed by atoms with Gasteiger partial charge in [0, 0.05) is 13.3 Å². The van der Waals surface area contributed by atoms with Crippen LogP contribution in [0.1, 0.15) is 5.82 Å². The fraction of sp³-hybridized carbons (Fsp3) is 0.250. The smallest absolute Gasteiger partial charge is 0.350 e. The summed E-state index contributed by atoms with van der Waals surface area (Å²) in [4.78, 5) is 10.3. The first-order chi connectivity index (χ1) is 7.52. The molecule has 2 aromatic heterocycles. The van der Waals surface area contributed by atoms with Crippen LogP contribution in [0.5, 0.6) is 0 Å². The van der Waals surface area contributed by atoms with Gasteiger partial charge in [-0.15, -0.1) is 0 Å². The van der Waals surface area contributed by atoms with Gasteiger partial charge >= 0.3 is 10.2 Å². The van der Waals surface area contributed by atoms with Crippen molar-refractivity contribution >= 4 is 21.3 Å². The predicted molar refractivity (Wildman–Crippen MR) is 52.9 cm³/mol. The Kier molecular flexibility index (Phi) is 2.60. The molecule has 16 heavy (non-hydrogen) atoms. The molecule has 1 N–H and O–H groups in total. The minimum atomic E-state index is -4.87. The number of aromatic nitrogens is 3. The molecule has 86 valence electrons. The maximum Gasteiger partial charge on any atom is 0.350 e. The molecular formula is C8H8FN3O3S. The van der Waals surface area contributed by atoms with Crippen molar-refractivity contribution in [3.8, 4) is 0 Å². The fourth-order valence-corrected chi connectivity index (χ4v) is 1.98. The van der Waals surface area contributed by atoms with Gasteiger partial charge in [-0.2, -0.15) is 8.42 Å². The van der Waals surface area contributed by atoms with Crippen LogP contribution in [0.2, 0.25) is 0 Å². The summed E-state index contributed by atoms with van der Waals surface area (Å²) in [7, 11) is -3.46. The Bertz CT molecular complexity index is 622. The largest absolute Gasteiger partial charge is 0.377 e. The Labute approximate surface area is 90.7 Å². The van der Waals surface area contributed by atoms with Gasteiger partial charge in [-0.1, -0.05) is 3.89 Å². The molecule has 0 aliphatic heterocycles. The van der Waals surface area contributed by atoms with Crippen LogP contribution in [0.3, 0.4) is 0 Å². The molecule has 0 saturated carbocycles. The Morgan fingerprint density at radius 2 is 2.25 bits per heavy atom. The van der Waals surface area contributed by atoms with E-state index in [-0.39, 0.29) is 23.5 Å². The fourth-order valence-electron chi connectivity index (χ4n) is 1.34. The lowest BCUT2D eigenvalue weighted by Gasteiger charge is -2.01. The van der Waals surface area contributed by atoms with Crippen LogP contribution >= 0.6 is 0 Å². The molecule has 0 radical (unpaired) electrons. The second-order valence-electron chi connectivity index (χ2n) is 3.06. The van der Waals surface area contributed by atoms with E-state index in [4.69, 9.17) is 4.74 Å². The number of nitrogens with one attached hydrogen (secondary N) is 1. The summed E-state index contributed by atoms with van der Waals surface area (Å²) >= 11 is 0. The minimum absolute atomic E-state index is 0.0114. The van der Waals surface area contributed by atoms with Crippen LogP contribution in [-0.2, 0) is 21.6 Å². The average molecular weight is 245 g/mol. The summed E-state index contributed by atoms with van der Waals surface area (Å²) in [5.74, 6) is 0.105. The second-order valence-corrected chi connectivity index (χ2v) is 4.32. The van der Waals surface area contributed by atoms with Crippen molar-refractivity contribution in [1.82, 2.24) is 15.0 Å². The van der Waals surface area contributed by atoms with Crippen molar-refractivity contribution in [2.75, 3.05) is 7.11 Å². The molecular weight excluding hydrogens is 237 g/mol. The van der Waals surface area contributed by atoms with Crippen molar-refractivity contribution in [1.29, 1.82) is 0 Å². The summed E-state index contributed by atoms with van der Waals surface area (Å²) in [6.45, 7) is 0.0114. The van der Waals surface area contributed by atoms with E-state index in [1.807, 2.05) is 0 Å². The maximum absolute atomic E-state index is 13.0. The van der Waals surface area contributed by atoms with E-state index < -0.39 is 15.2 Å². The molecule has 0 saturated heterocycles. The molecule has 0 unspecified atom stereocenters. The van der Waals surface area contributed by atoms with Gasteiger partial charge in [0.25, 0.3) is 0 Å². The van der Waals surface area contributed by atoms with Crippen LogP contribution in [0.4, 0.5) is 3.89 Å². The lowest BCUT2D eigenvalue weighted by Crippen LogP contribution is -2.04. The van der Waals surface area contributed by atoms with Gasteiger partial charge in [0.15, 0.2) is 10.9 Å². The number of H-pyrrole nitrogens is 1. The summed E-state index contributed by atoms with van der Waals surface area (Å²) in [6, 6.07) is 1.40. The third-order valence-electron chi connectivity index (χ3n) is 1.93. The number of fused-ring (bicyclic) bond motifs is 1. The molecule has 0 aromatic carbocycles. The van der Waals surface area contributed by atoms with Crippen molar-refractivity contribution in [2.45, 2.75) is 11.6 Å². The van der Waals surface area contributed by atoms with Gasteiger partial charge in [0.2, 0.25) is 0 Å². The molecule has 2 heterocycles. The normalized spacial score (nSPS) is 12.1. The lowest BCUT2D eigenvalue weighted by molar-refractivity contribution is 0.177. The topological polar surface area (TPSA) is 84.9 Å². The number of aromatic amines is 1.